The van der Waals surface area contributed by atoms with Crippen LogP contribution in [0, 0.1) is 11.6 Å². The third-order valence-corrected chi connectivity index (χ3v) is 6.23. The van der Waals surface area contributed by atoms with Gasteiger partial charge in [0.15, 0.2) is 0 Å². The number of carboxylic acids is 1. The minimum atomic E-state index is -5.08. The first-order valence-electron chi connectivity index (χ1n) is 8.76. The zero-order chi connectivity index (χ0) is 23.0. The first kappa shape index (κ1) is 22.7. The molecule has 1 aliphatic rings. The van der Waals surface area contributed by atoms with Crippen LogP contribution in [0.1, 0.15) is 11.1 Å². The number of halogens is 5. The van der Waals surface area contributed by atoms with Gasteiger partial charge in [0.2, 0.25) is 0 Å². The molecule has 2 heterocycles. The van der Waals surface area contributed by atoms with Crippen molar-refractivity contribution >= 4 is 26.9 Å². The van der Waals surface area contributed by atoms with Crippen molar-refractivity contribution in [2.45, 2.75) is 24.0 Å². The molecule has 0 unspecified atom stereocenters. The third-order valence-electron chi connectivity index (χ3n) is 4.52. The van der Waals surface area contributed by atoms with Gasteiger partial charge in [0, 0.05) is 24.2 Å². The number of aromatic nitrogens is 1. The van der Waals surface area contributed by atoms with Crippen molar-refractivity contribution in [3.63, 3.8) is 0 Å². The lowest BCUT2D eigenvalue weighted by Gasteiger charge is -2.10. The lowest BCUT2D eigenvalue weighted by molar-refractivity contribution is -0.192. The van der Waals surface area contributed by atoms with Crippen LogP contribution in [0.2, 0.25) is 0 Å². The Labute approximate surface area is 173 Å². The van der Waals surface area contributed by atoms with E-state index in [1.54, 1.807) is 18.3 Å². The van der Waals surface area contributed by atoms with Crippen LogP contribution in [0.5, 0.6) is 0 Å². The maximum Gasteiger partial charge on any atom is 0.490 e. The molecule has 0 amide bonds. The molecule has 3 aromatic rings. The van der Waals surface area contributed by atoms with E-state index in [-0.39, 0.29) is 0 Å². The minimum absolute atomic E-state index is 0.509. The summed E-state index contributed by atoms with van der Waals surface area (Å²) in [6.45, 7) is 1.39. The van der Waals surface area contributed by atoms with E-state index in [1.807, 2.05) is 6.07 Å². The van der Waals surface area contributed by atoms with Crippen molar-refractivity contribution in [1.29, 1.82) is 0 Å². The summed E-state index contributed by atoms with van der Waals surface area (Å²) in [7, 11) is -4.15. The summed E-state index contributed by atoms with van der Waals surface area (Å²) in [6.07, 6.45) is -2.86. The Hall–Kier alpha value is -2.99. The van der Waals surface area contributed by atoms with Gasteiger partial charge in [0.1, 0.15) is 16.5 Å². The van der Waals surface area contributed by atoms with Gasteiger partial charge in [0.25, 0.3) is 10.0 Å². The Kier molecular flexibility index (Phi) is 6.05. The fraction of sp³-hybridized carbons (Fsp3) is 0.211. The van der Waals surface area contributed by atoms with Crippen LogP contribution in [0.15, 0.2) is 47.5 Å². The molecule has 31 heavy (non-hydrogen) atoms. The van der Waals surface area contributed by atoms with E-state index < -0.39 is 38.7 Å². The Morgan fingerprint density at radius 1 is 1.10 bits per heavy atom. The van der Waals surface area contributed by atoms with Crippen LogP contribution < -0.4 is 5.32 Å². The van der Waals surface area contributed by atoms with E-state index in [4.69, 9.17) is 9.90 Å². The average molecular weight is 462 g/mol. The second-order valence-corrected chi connectivity index (χ2v) is 8.35. The van der Waals surface area contributed by atoms with Gasteiger partial charge in [0.05, 0.1) is 5.52 Å². The monoisotopic (exact) mass is 462 g/mol. The number of aliphatic carboxylic acids is 1. The largest absolute Gasteiger partial charge is 0.490 e. The summed E-state index contributed by atoms with van der Waals surface area (Å²) < 4.78 is 85.8. The summed E-state index contributed by atoms with van der Waals surface area (Å²) in [5.41, 5.74) is 2.42. The smallest absolute Gasteiger partial charge is 0.475 e. The second kappa shape index (κ2) is 8.27. The molecule has 0 saturated carbocycles. The first-order valence-corrected chi connectivity index (χ1v) is 10.2. The molecule has 12 heteroatoms. The van der Waals surface area contributed by atoms with Crippen LogP contribution in [0.4, 0.5) is 22.0 Å². The fourth-order valence-corrected chi connectivity index (χ4v) is 4.62. The summed E-state index contributed by atoms with van der Waals surface area (Å²) >= 11 is 0. The Morgan fingerprint density at radius 2 is 1.77 bits per heavy atom. The SMILES string of the molecule is O=C(O)C(F)(F)F.O=S(=O)(c1ccc(F)cc1F)n1cc2c3c(cccc31)CNCC2. The standard InChI is InChI=1S/C17H14F2N2O2S.C2HF3O2/c18-13-4-5-16(14(19)8-13)24(22,23)21-10-12-6-7-20-9-11-2-1-3-15(21)17(11)12;3-2(4,5)1(6)7/h1-5,8,10,20H,6-7,9H2;(H,6,7). The van der Waals surface area contributed by atoms with Crippen molar-refractivity contribution in [1.82, 2.24) is 9.29 Å². The number of carboxylic acid groups (broad SMARTS) is 1. The molecule has 0 radical (unpaired) electrons. The number of hydrogen-bond acceptors (Lipinski definition) is 4. The van der Waals surface area contributed by atoms with E-state index >= 15 is 0 Å². The number of hydrogen-bond donors (Lipinski definition) is 2. The van der Waals surface area contributed by atoms with Crippen molar-refractivity contribution in [2.24, 2.45) is 0 Å². The summed E-state index contributed by atoms with van der Waals surface area (Å²) in [4.78, 5) is 8.36. The van der Waals surface area contributed by atoms with Crippen LogP contribution in [-0.2, 0) is 27.8 Å². The number of rotatable bonds is 2. The summed E-state index contributed by atoms with van der Waals surface area (Å²) in [6, 6.07) is 7.91. The highest BCUT2D eigenvalue weighted by Gasteiger charge is 2.38. The maximum absolute atomic E-state index is 14.0. The van der Waals surface area contributed by atoms with Gasteiger partial charge in [-0.15, -0.1) is 0 Å². The quantitative estimate of drug-likeness (QED) is 0.570. The number of benzene rings is 2. The predicted molar refractivity (Wildman–Crippen MR) is 100.0 cm³/mol. The highest BCUT2D eigenvalue weighted by atomic mass is 32.2. The number of nitrogens with one attached hydrogen (secondary N) is 1. The number of carbonyl (C=O) groups is 1. The van der Waals surface area contributed by atoms with Crippen molar-refractivity contribution in [3.8, 4) is 0 Å². The van der Waals surface area contributed by atoms with E-state index in [0.717, 1.165) is 39.2 Å². The van der Waals surface area contributed by atoms with Crippen molar-refractivity contribution in [2.75, 3.05) is 6.54 Å². The zero-order valence-corrected chi connectivity index (χ0v) is 16.4. The molecular formula is C19H15F5N2O4S. The molecule has 1 aliphatic heterocycles. The van der Waals surface area contributed by atoms with Gasteiger partial charge in [-0.2, -0.15) is 13.2 Å². The Balaban J connectivity index is 0.000000339. The van der Waals surface area contributed by atoms with Crippen LogP contribution >= 0.6 is 0 Å². The third kappa shape index (κ3) is 4.54. The zero-order valence-electron chi connectivity index (χ0n) is 15.6. The molecule has 0 fully saturated rings. The molecule has 2 N–H and O–H groups in total. The van der Waals surface area contributed by atoms with Gasteiger partial charge in [-0.1, -0.05) is 12.1 Å². The predicted octanol–water partition coefficient (Wildman–Crippen LogP) is 3.44. The lowest BCUT2D eigenvalue weighted by Crippen LogP contribution is -2.21. The average Bonchev–Trinajstić information content (AvgIpc) is 2.92. The summed E-state index contributed by atoms with van der Waals surface area (Å²) in [5.74, 6) is -4.66. The number of nitrogens with zero attached hydrogens (tertiary/aromatic N) is 1. The van der Waals surface area contributed by atoms with E-state index in [0.29, 0.717) is 24.5 Å². The second-order valence-electron chi connectivity index (χ2n) is 6.57. The van der Waals surface area contributed by atoms with Crippen molar-refractivity contribution in [3.05, 3.63) is 65.4 Å². The van der Waals surface area contributed by atoms with Gasteiger partial charge in [-0.3, -0.25) is 0 Å². The molecule has 1 aromatic heterocycles. The summed E-state index contributed by atoms with van der Waals surface area (Å²) in [5, 5.41) is 11.3. The molecular weight excluding hydrogens is 447 g/mol. The highest BCUT2D eigenvalue weighted by molar-refractivity contribution is 7.90. The molecule has 0 spiro atoms. The van der Waals surface area contributed by atoms with Crippen molar-refractivity contribution < 1.29 is 40.3 Å². The topological polar surface area (TPSA) is 88.4 Å². The molecule has 4 rings (SSSR count). The molecule has 2 aromatic carbocycles. The van der Waals surface area contributed by atoms with Gasteiger partial charge >= 0.3 is 12.1 Å². The Bertz CT molecular complexity index is 1250. The number of alkyl halides is 3. The van der Waals surface area contributed by atoms with Gasteiger partial charge < -0.3 is 10.4 Å². The van der Waals surface area contributed by atoms with Gasteiger partial charge in [-0.05, 0) is 42.3 Å². The molecule has 0 aliphatic carbocycles. The van der Waals surface area contributed by atoms with Crippen LogP contribution in [0.3, 0.4) is 0 Å². The van der Waals surface area contributed by atoms with Crippen LogP contribution in [-0.4, -0.2) is 36.2 Å². The maximum atomic E-state index is 14.0. The Morgan fingerprint density at radius 3 is 2.39 bits per heavy atom. The highest BCUT2D eigenvalue weighted by Crippen LogP contribution is 2.31. The van der Waals surface area contributed by atoms with Gasteiger partial charge in [-0.25, -0.2) is 26.0 Å². The minimum Gasteiger partial charge on any atom is -0.475 e. The molecule has 0 bridgehead atoms. The molecule has 0 saturated heterocycles. The van der Waals surface area contributed by atoms with E-state index in [2.05, 4.69) is 5.32 Å². The molecule has 166 valence electrons. The lowest BCUT2D eigenvalue weighted by atomic mass is 10.1. The molecule has 0 atom stereocenters. The molecule has 6 nitrogen and oxygen atoms in total. The fourth-order valence-electron chi connectivity index (χ4n) is 3.19. The van der Waals surface area contributed by atoms with Crippen LogP contribution in [0.25, 0.3) is 10.9 Å². The normalized spacial score (nSPS) is 14.0. The first-order chi connectivity index (χ1) is 14.4. The van der Waals surface area contributed by atoms with E-state index in [1.165, 1.54) is 0 Å². The van der Waals surface area contributed by atoms with E-state index in [9.17, 15) is 30.4 Å².